The summed E-state index contributed by atoms with van der Waals surface area (Å²) in [5.74, 6) is 1.21. The zero-order valence-electron chi connectivity index (χ0n) is 8.29. The number of hydrogen-bond acceptors (Lipinski definition) is 3. The lowest BCUT2D eigenvalue weighted by Gasteiger charge is -2.13. The fraction of sp³-hybridized carbons (Fsp3) is 0.400. The predicted octanol–water partition coefficient (Wildman–Crippen LogP) is 1.67. The van der Waals surface area contributed by atoms with Crippen LogP contribution in [0.15, 0.2) is 18.2 Å². The lowest BCUT2D eigenvalue weighted by atomic mass is 10.1. The zero-order valence-corrected chi connectivity index (χ0v) is 8.29. The van der Waals surface area contributed by atoms with E-state index in [-0.39, 0.29) is 0 Å². The summed E-state index contributed by atoms with van der Waals surface area (Å²) >= 11 is 0. The molecule has 1 rings (SSSR count). The predicted molar refractivity (Wildman–Crippen MR) is 52.4 cm³/mol. The minimum absolute atomic E-state index is 0.550. The van der Waals surface area contributed by atoms with Crippen LogP contribution in [0, 0.1) is 0 Å². The summed E-state index contributed by atoms with van der Waals surface area (Å²) in [6.07, 6.45) is 0. The van der Waals surface area contributed by atoms with Gasteiger partial charge in [-0.25, -0.2) is 4.39 Å². The molecule has 0 saturated heterocycles. The number of methoxy groups -OCH3 is 2. The van der Waals surface area contributed by atoms with Gasteiger partial charge >= 0.3 is 0 Å². The van der Waals surface area contributed by atoms with Crippen LogP contribution < -0.4 is 15.2 Å². The molecule has 0 aromatic heterocycles. The van der Waals surface area contributed by atoms with Crippen LogP contribution in [0.2, 0.25) is 0 Å². The maximum atomic E-state index is 12.4. The topological polar surface area (TPSA) is 44.5 Å². The van der Waals surface area contributed by atoms with E-state index in [4.69, 9.17) is 15.2 Å². The first kappa shape index (κ1) is 10.8. The van der Waals surface area contributed by atoms with Gasteiger partial charge < -0.3 is 15.2 Å². The van der Waals surface area contributed by atoms with Crippen molar-refractivity contribution in [2.45, 2.75) is 6.04 Å². The van der Waals surface area contributed by atoms with Gasteiger partial charge in [0.05, 0.1) is 20.3 Å². The molecule has 0 radical (unpaired) electrons. The molecule has 0 amide bonds. The van der Waals surface area contributed by atoms with Crippen molar-refractivity contribution in [2.24, 2.45) is 5.73 Å². The number of rotatable bonds is 4. The van der Waals surface area contributed by atoms with Crippen molar-refractivity contribution in [3.63, 3.8) is 0 Å². The second kappa shape index (κ2) is 4.81. The van der Waals surface area contributed by atoms with Crippen LogP contribution in [-0.2, 0) is 0 Å². The number of nitrogens with two attached hydrogens (primary N) is 1. The molecule has 0 fully saturated rings. The molecule has 14 heavy (non-hydrogen) atoms. The van der Waals surface area contributed by atoms with E-state index in [1.165, 1.54) is 7.11 Å². The molecule has 0 saturated carbocycles. The van der Waals surface area contributed by atoms with Crippen LogP contribution >= 0.6 is 0 Å². The first-order valence-corrected chi connectivity index (χ1v) is 4.26. The van der Waals surface area contributed by atoms with E-state index in [1.807, 2.05) is 0 Å². The average molecular weight is 199 g/mol. The van der Waals surface area contributed by atoms with Crippen molar-refractivity contribution in [1.29, 1.82) is 0 Å². The van der Waals surface area contributed by atoms with Gasteiger partial charge in [-0.2, -0.15) is 0 Å². The largest absolute Gasteiger partial charge is 0.497 e. The average Bonchev–Trinajstić information content (AvgIpc) is 2.27. The molecule has 1 aromatic carbocycles. The Morgan fingerprint density at radius 1 is 1.36 bits per heavy atom. The first-order chi connectivity index (χ1) is 6.72. The Kier molecular flexibility index (Phi) is 3.71. The fourth-order valence-corrected chi connectivity index (χ4v) is 1.21. The maximum absolute atomic E-state index is 12.4. The minimum Gasteiger partial charge on any atom is -0.497 e. The molecular weight excluding hydrogens is 185 g/mol. The Bertz CT molecular complexity index is 304. The summed E-state index contributed by atoms with van der Waals surface area (Å²) in [4.78, 5) is 0. The molecule has 0 unspecified atom stereocenters. The van der Waals surface area contributed by atoms with Gasteiger partial charge in [0, 0.05) is 11.6 Å². The van der Waals surface area contributed by atoms with Gasteiger partial charge in [0.15, 0.2) is 0 Å². The third-order valence-corrected chi connectivity index (χ3v) is 2.01. The van der Waals surface area contributed by atoms with Crippen molar-refractivity contribution in [3.8, 4) is 11.5 Å². The van der Waals surface area contributed by atoms with Crippen LogP contribution in [0.25, 0.3) is 0 Å². The first-order valence-electron chi connectivity index (χ1n) is 4.26. The molecular formula is C10H14FNO2. The number of hydrogen-bond donors (Lipinski definition) is 1. The SMILES string of the molecule is COc1ccc([C@H](N)CF)c(OC)c1. The molecule has 1 atom stereocenters. The van der Waals surface area contributed by atoms with E-state index in [2.05, 4.69) is 0 Å². The second-order valence-electron chi connectivity index (χ2n) is 2.87. The Morgan fingerprint density at radius 3 is 2.57 bits per heavy atom. The summed E-state index contributed by atoms with van der Waals surface area (Å²) in [7, 11) is 3.08. The Hall–Kier alpha value is -1.29. The highest BCUT2D eigenvalue weighted by molar-refractivity contribution is 5.42. The summed E-state index contributed by atoms with van der Waals surface area (Å²) in [6.45, 7) is -0.608. The van der Waals surface area contributed by atoms with Gasteiger partial charge in [-0.05, 0) is 12.1 Å². The molecule has 78 valence electrons. The van der Waals surface area contributed by atoms with Crippen LogP contribution in [0.4, 0.5) is 4.39 Å². The third kappa shape index (κ3) is 2.14. The van der Waals surface area contributed by atoms with Crippen molar-refractivity contribution in [3.05, 3.63) is 23.8 Å². The summed E-state index contributed by atoms with van der Waals surface area (Å²) < 4.78 is 22.5. The molecule has 2 N–H and O–H groups in total. The molecule has 0 aliphatic carbocycles. The standard InChI is InChI=1S/C10H14FNO2/c1-13-7-3-4-8(9(12)6-11)10(5-7)14-2/h3-5,9H,6,12H2,1-2H3/t9-/m1/s1. The van der Waals surface area contributed by atoms with E-state index in [0.29, 0.717) is 17.1 Å². The van der Waals surface area contributed by atoms with E-state index in [1.54, 1.807) is 25.3 Å². The number of alkyl halides is 1. The molecule has 4 heteroatoms. The van der Waals surface area contributed by atoms with Gasteiger partial charge in [-0.15, -0.1) is 0 Å². The number of ether oxygens (including phenoxy) is 2. The third-order valence-electron chi connectivity index (χ3n) is 2.01. The Labute approximate surface area is 82.6 Å². The van der Waals surface area contributed by atoms with Gasteiger partial charge in [0.25, 0.3) is 0 Å². The highest BCUT2D eigenvalue weighted by Crippen LogP contribution is 2.28. The van der Waals surface area contributed by atoms with E-state index in [0.717, 1.165) is 0 Å². The molecule has 0 spiro atoms. The van der Waals surface area contributed by atoms with Crippen LogP contribution in [-0.4, -0.2) is 20.9 Å². The van der Waals surface area contributed by atoms with E-state index in [9.17, 15) is 4.39 Å². The Balaban J connectivity index is 3.04. The zero-order chi connectivity index (χ0) is 10.6. The van der Waals surface area contributed by atoms with Gasteiger partial charge in [-0.1, -0.05) is 0 Å². The van der Waals surface area contributed by atoms with Crippen molar-refractivity contribution in [2.75, 3.05) is 20.9 Å². The minimum atomic E-state index is -0.643. The van der Waals surface area contributed by atoms with E-state index < -0.39 is 12.7 Å². The van der Waals surface area contributed by atoms with Crippen LogP contribution in [0.3, 0.4) is 0 Å². The van der Waals surface area contributed by atoms with Gasteiger partial charge in [-0.3, -0.25) is 0 Å². The molecule has 0 aliphatic rings. The molecule has 1 aromatic rings. The van der Waals surface area contributed by atoms with Gasteiger partial charge in [0.2, 0.25) is 0 Å². The van der Waals surface area contributed by atoms with Crippen molar-refractivity contribution < 1.29 is 13.9 Å². The molecule has 0 heterocycles. The number of benzene rings is 1. The van der Waals surface area contributed by atoms with Crippen molar-refractivity contribution in [1.82, 2.24) is 0 Å². The second-order valence-corrected chi connectivity index (χ2v) is 2.87. The monoisotopic (exact) mass is 199 g/mol. The smallest absolute Gasteiger partial charge is 0.127 e. The molecule has 0 aliphatic heterocycles. The summed E-state index contributed by atoms with van der Waals surface area (Å²) in [6, 6.07) is 4.48. The highest BCUT2D eigenvalue weighted by atomic mass is 19.1. The van der Waals surface area contributed by atoms with Crippen LogP contribution in [0.1, 0.15) is 11.6 Å². The molecule has 3 nitrogen and oxygen atoms in total. The summed E-state index contributed by atoms with van der Waals surface area (Å²) in [5, 5.41) is 0. The van der Waals surface area contributed by atoms with Crippen molar-refractivity contribution >= 4 is 0 Å². The summed E-state index contributed by atoms with van der Waals surface area (Å²) in [5.41, 5.74) is 6.22. The molecule has 0 bridgehead atoms. The maximum Gasteiger partial charge on any atom is 0.127 e. The van der Waals surface area contributed by atoms with Crippen LogP contribution in [0.5, 0.6) is 11.5 Å². The fourth-order valence-electron chi connectivity index (χ4n) is 1.21. The quantitative estimate of drug-likeness (QED) is 0.802. The normalized spacial score (nSPS) is 12.3. The highest BCUT2D eigenvalue weighted by Gasteiger charge is 2.12. The Morgan fingerprint density at radius 2 is 2.07 bits per heavy atom. The lowest BCUT2D eigenvalue weighted by Crippen LogP contribution is -2.13. The lowest BCUT2D eigenvalue weighted by molar-refractivity contribution is 0.378. The number of halogens is 1. The van der Waals surface area contributed by atoms with E-state index >= 15 is 0 Å². The van der Waals surface area contributed by atoms with Gasteiger partial charge in [0.1, 0.15) is 18.2 Å².